The maximum absolute atomic E-state index is 6.45. The highest BCUT2D eigenvalue weighted by Crippen LogP contribution is 2.26. The molecule has 0 aliphatic carbocycles. The second-order valence-electron chi connectivity index (χ2n) is 5.28. The van der Waals surface area contributed by atoms with Gasteiger partial charge in [0.25, 0.3) is 0 Å². The lowest BCUT2D eigenvalue weighted by Crippen LogP contribution is -2.16. The molecule has 1 unspecified atom stereocenters. The van der Waals surface area contributed by atoms with Gasteiger partial charge in [0.1, 0.15) is 0 Å². The predicted octanol–water partition coefficient (Wildman–Crippen LogP) is 3.92. The summed E-state index contributed by atoms with van der Waals surface area (Å²) in [6, 6.07) is 8.46. The molecular weight excluding hydrogens is 282 g/mol. The van der Waals surface area contributed by atoms with Crippen LogP contribution in [0.2, 0.25) is 5.02 Å². The molecule has 1 heterocycles. The van der Waals surface area contributed by atoms with Crippen molar-refractivity contribution < 1.29 is 0 Å². The van der Waals surface area contributed by atoms with Gasteiger partial charge in [-0.3, -0.25) is 4.68 Å². The molecule has 0 aliphatic heterocycles. The Kier molecular flexibility index (Phi) is 5.43. The zero-order valence-corrected chi connectivity index (χ0v) is 13.8. The summed E-state index contributed by atoms with van der Waals surface area (Å²) >= 11 is 6.45. The first-order chi connectivity index (χ1) is 10.1. The molecule has 21 heavy (non-hydrogen) atoms. The number of nitrogens with zero attached hydrogens (tertiary/aromatic N) is 2. The number of halogens is 1. The van der Waals surface area contributed by atoms with Crippen LogP contribution in [0.25, 0.3) is 0 Å². The third kappa shape index (κ3) is 3.47. The Labute approximate surface area is 132 Å². The van der Waals surface area contributed by atoms with E-state index < -0.39 is 0 Å². The Hall–Kier alpha value is -1.32. The zero-order chi connectivity index (χ0) is 15.4. The van der Waals surface area contributed by atoms with Gasteiger partial charge in [0, 0.05) is 19.0 Å². The molecule has 4 heteroatoms. The van der Waals surface area contributed by atoms with Gasteiger partial charge in [-0.2, -0.15) is 5.10 Å². The Morgan fingerprint density at radius 2 is 1.81 bits per heavy atom. The van der Waals surface area contributed by atoms with Gasteiger partial charge in [0.05, 0.1) is 16.4 Å². The van der Waals surface area contributed by atoms with Crippen LogP contribution < -0.4 is 5.73 Å². The second kappa shape index (κ2) is 7.10. The van der Waals surface area contributed by atoms with Crippen LogP contribution in [0.5, 0.6) is 0 Å². The summed E-state index contributed by atoms with van der Waals surface area (Å²) < 4.78 is 1.97. The molecule has 2 aromatic rings. The predicted molar refractivity (Wildman–Crippen MR) is 88.7 cm³/mol. The molecule has 3 nitrogen and oxygen atoms in total. The van der Waals surface area contributed by atoms with Gasteiger partial charge in [0.2, 0.25) is 0 Å². The molecule has 0 aliphatic rings. The minimum Gasteiger partial charge on any atom is -0.324 e. The van der Waals surface area contributed by atoms with Crippen LogP contribution in [0, 0.1) is 0 Å². The Bertz CT molecular complexity index is 587. The second-order valence-corrected chi connectivity index (χ2v) is 5.66. The summed E-state index contributed by atoms with van der Waals surface area (Å²) in [5, 5.41) is 5.33. The van der Waals surface area contributed by atoms with Crippen molar-refractivity contribution in [2.75, 3.05) is 0 Å². The molecule has 1 aromatic heterocycles. The Morgan fingerprint density at radius 3 is 2.33 bits per heavy atom. The van der Waals surface area contributed by atoms with E-state index in [1.165, 1.54) is 5.56 Å². The average Bonchev–Trinajstić information content (AvgIpc) is 2.83. The van der Waals surface area contributed by atoms with E-state index in [1.54, 1.807) is 0 Å². The van der Waals surface area contributed by atoms with E-state index in [4.69, 9.17) is 17.3 Å². The monoisotopic (exact) mass is 305 g/mol. The molecule has 0 bridgehead atoms. The lowest BCUT2D eigenvalue weighted by atomic mass is 10.0. The van der Waals surface area contributed by atoms with Gasteiger partial charge in [0.15, 0.2) is 0 Å². The first kappa shape index (κ1) is 16.1. The smallest absolute Gasteiger partial charge is 0.0850 e. The topological polar surface area (TPSA) is 43.8 Å². The SMILES string of the molecule is CCc1ccc(C(N)Cc2c(Cl)c(CC)nn2CC)cc1. The minimum atomic E-state index is -0.0555. The van der Waals surface area contributed by atoms with Crippen molar-refractivity contribution in [3.05, 3.63) is 51.8 Å². The van der Waals surface area contributed by atoms with E-state index in [0.717, 1.165) is 41.4 Å². The van der Waals surface area contributed by atoms with Crippen molar-refractivity contribution in [3.8, 4) is 0 Å². The number of aromatic nitrogens is 2. The van der Waals surface area contributed by atoms with E-state index in [1.807, 2.05) is 4.68 Å². The highest BCUT2D eigenvalue weighted by Gasteiger charge is 2.17. The molecule has 114 valence electrons. The number of nitrogens with two attached hydrogens (primary N) is 1. The van der Waals surface area contributed by atoms with Crippen molar-refractivity contribution in [3.63, 3.8) is 0 Å². The fourth-order valence-corrected chi connectivity index (χ4v) is 2.89. The summed E-state index contributed by atoms with van der Waals surface area (Å²) in [6.07, 6.45) is 2.61. The molecule has 1 atom stereocenters. The summed E-state index contributed by atoms with van der Waals surface area (Å²) in [7, 11) is 0. The number of aryl methyl sites for hydroxylation is 3. The molecule has 0 spiro atoms. The van der Waals surface area contributed by atoms with Crippen molar-refractivity contribution in [1.29, 1.82) is 0 Å². The van der Waals surface area contributed by atoms with Crippen molar-refractivity contribution in [2.45, 2.75) is 52.6 Å². The van der Waals surface area contributed by atoms with Gasteiger partial charge in [-0.1, -0.05) is 49.7 Å². The van der Waals surface area contributed by atoms with E-state index in [0.29, 0.717) is 6.42 Å². The third-order valence-electron chi connectivity index (χ3n) is 3.92. The largest absolute Gasteiger partial charge is 0.324 e. The van der Waals surface area contributed by atoms with Crippen molar-refractivity contribution in [1.82, 2.24) is 9.78 Å². The minimum absolute atomic E-state index is 0.0555. The van der Waals surface area contributed by atoms with Crippen LogP contribution in [-0.2, 0) is 25.8 Å². The third-order valence-corrected chi connectivity index (χ3v) is 4.36. The van der Waals surface area contributed by atoms with Crippen LogP contribution in [0.3, 0.4) is 0 Å². The lowest BCUT2D eigenvalue weighted by molar-refractivity contribution is 0.585. The summed E-state index contributed by atoms with van der Waals surface area (Å²) in [5.74, 6) is 0. The van der Waals surface area contributed by atoms with Gasteiger partial charge in [-0.05, 0) is 30.9 Å². The maximum atomic E-state index is 6.45. The first-order valence-corrected chi connectivity index (χ1v) is 8.06. The molecular formula is C17H24ClN3. The molecule has 0 fully saturated rings. The molecule has 1 aromatic carbocycles. The molecule has 0 saturated carbocycles. The van der Waals surface area contributed by atoms with Gasteiger partial charge < -0.3 is 5.73 Å². The standard InChI is InChI=1S/C17H24ClN3/c1-4-12-7-9-13(10-8-12)14(19)11-16-17(18)15(5-2)20-21(16)6-3/h7-10,14H,4-6,11,19H2,1-3H3. The van der Waals surface area contributed by atoms with Crippen LogP contribution >= 0.6 is 11.6 Å². The van der Waals surface area contributed by atoms with Crippen LogP contribution in [-0.4, -0.2) is 9.78 Å². The van der Waals surface area contributed by atoms with Crippen molar-refractivity contribution in [2.24, 2.45) is 5.73 Å². The van der Waals surface area contributed by atoms with E-state index in [2.05, 4.69) is 50.1 Å². The number of hydrogen-bond donors (Lipinski definition) is 1. The molecule has 0 radical (unpaired) electrons. The zero-order valence-electron chi connectivity index (χ0n) is 13.1. The molecule has 2 N–H and O–H groups in total. The first-order valence-electron chi connectivity index (χ1n) is 7.69. The fraction of sp³-hybridized carbons (Fsp3) is 0.471. The Balaban J connectivity index is 2.22. The van der Waals surface area contributed by atoms with Gasteiger partial charge in [-0.15, -0.1) is 0 Å². The average molecular weight is 306 g/mol. The quantitative estimate of drug-likeness (QED) is 0.879. The summed E-state index contributed by atoms with van der Waals surface area (Å²) in [6.45, 7) is 7.12. The summed E-state index contributed by atoms with van der Waals surface area (Å²) in [4.78, 5) is 0. The van der Waals surface area contributed by atoms with Crippen LogP contribution in [0.15, 0.2) is 24.3 Å². The normalized spacial score (nSPS) is 12.6. The van der Waals surface area contributed by atoms with E-state index in [9.17, 15) is 0 Å². The van der Waals surface area contributed by atoms with E-state index >= 15 is 0 Å². The Morgan fingerprint density at radius 1 is 1.14 bits per heavy atom. The number of hydrogen-bond acceptors (Lipinski definition) is 2. The molecule has 0 saturated heterocycles. The van der Waals surface area contributed by atoms with Crippen molar-refractivity contribution >= 4 is 11.6 Å². The molecule has 2 rings (SSSR count). The molecule has 0 amide bonds. The van der Waals surface area contributed by atoms with E-state index in [-0.39, 0.29) is 6.04 Å². The number of rotatable bonds is 6. The highest BCUT2D eigenvalue weighted by atomic mass is 35.5. The fourth-order valence-electron chi connectivity index (χ4n) is 2.54. The van der Waals surface area contributed by atoms with Crippen LogP contribution in [0.4, 0.5) is 0 Å². The lowest BCUT2D eigenvalue weighted by Gasteiger charge is -2.14. The summed E-state index contributed by atoms with van der Waals surface area (Å²) in [5.41, 5.74) is 10.8. The van der Waals surface area contributed by atoms with Crippen LogP contribution in [0.1, 0.15) is 49.3 Å². The number of benzene rings is 1. The van der Waals surface area contributed by atoms with Gasteiger partial charge >= 0.3 is 0 Å². The highest BCUT2D eigenvalue weighted by molar-refractivity contribution is 6.31. The maximum Gasteiger partial charge on any atom is 0.0850 e. The van der Waals surface area contributed by atoms with Gasteiger partial charge in [-0.25, -0.2) is 0 Å².